The minimum atomic E-state index is -3.89. The van der Waals surface area contributed by atoms with E-state index in [1.807, 2.05) is 13.0 Å². The van der Waals surface area contributed by atoms with Gasteiger partial charge in [-0.25, -0.2) is 8.42 Å². The van der Waals surface area contributed by atoms with Gasteiger partial charge in [0.05, 0.1) is 11.3 Å². The Bertz CT molecular complexity index is 1050. The molecular formula is C26H39N3O6S. The fourth-order valence-corrected chi connectivity index (χ4v) is 6.32. The molecule has 2 saturated carbocycles. The SMILES string of the molecule is C=CCCC(C)CC(C)CC(=O)N1CC(=O)CC1C(=O)NC1(C(=O)NS(=O)(=O)C2(C)CC2)CC1C=C. The van der Waals surface area contributed by atoms with Crippen LogP contribution in [0.3, 0.4) is 0 Å². The van der Waals surface area contributed by atoms with Gasteiger partial charge in [0.2, 0.25) is 21.8 Å². The normalized spacial score (nSPS) is 28.1. The zero-order valence-electron chi connectivity index (χ0n) is 21.5. The average Bonchev–Trinajstić information content (AvgIpc) is 3.68. The fraction of sp³-hybridized carbons (Fsp3) is 0.692. The second kappa shape index (κ2) is 10.5. The zero-order valence-corrected chi connectivity index (χ0v) is 22.4. The number of sulfonamides is 1. The number of rotatable bonds is 13. The van der Waals surface area contributed by atoms with Gasteiger partial charge < -0.3 is 10.2 Å². The van der Waals surface area contributed by atoms with Gasteiger partial charge in [0.25, 0.3) is 5.91 Å². The Hall–Kier alpha value is -2.49. The van der Waals surface area contributed by atoms with E-state index in [4.69, 9.17) is 0 Å². The molecule has 1 aliphatic heterocycles. The van der Waals surface area contributed by atoms with Crippen molar-refractivity contribution in [2.75, 3.05) is 6.54 Å². The topological polar surface area (TPSA) is 130 Å². The lowest BCUT2D eigenvalue weighted by Crippen LogP contribution is -2.57. The number of amides is 3. The highest BCUT2D eigenvalue weighted by atomic mass is 32.2. The predicted molar refractivity (Wildman–Crippen MR) is 136 cm³/mol. The van der Waals surface area contributed by atoms with Crippen LogP contribution in [0.1, 0.15) is 72.1 Å². The van der Waals surface area contributed by atoms with Crippen molar-refractivity contribution in [1.29, 1.82) is 0 Å². The Morgan fingerprint density at radius 3 is 2.42 bits per heavy atom. The van der Waals surface area contributed by atoms with E-state index in [1.165, 1.54) is 11.0 Å². The van der Waals surface area contributed by atoms with Crippen molar-refractivity contribution in [2.24, 2.45) is 17.8 Å². The largest absolute Gasteiger partial charge is 0.339 e. The summed E-state index contributed by atoms with van der Waals surface area (Å²) in [5.41, 5.74) is -1.45. The maximum atomic E-state index is 13.3. The van der Waals surface area contributed by atoms with Crippen LogP contribution >= 0.6 is 0 Å². The number of nitrogens with zero attached hydrogens (tertiary/aromatic N) is 1. The number of hydrogen-bond acceptors (Lipinski definition) is 6. The minimum Gasteiger partial charge on any atom is -0.339 e. The summed E-state index contributed by atoms with van der Waals surface area (Å²) in [6, 6.07) is -1.02. The summed E-state index contributed by atoms with van der Waals surface area (Å²) in [5.74, 6) is -1.88. The molecule has 2 aliphatic carbocycles. The van der Waals surface area contributed by atoms with Crippen molar-refractivity contribution in [3.63, 3.8) is 0 Å². The highest BCUT2D eigenvalue weighted by molar-refractivity contribution is 7.91. The second-order valence-electron chi connectivity index (χ2n) is 11.2. The Balaban J connectivity index is 1.66. The Kier molecular flexibility index (Phi) is 8.17. The molecule has 0 aromatic rings. The van der Waals surface area contributed by atoms with Gasteiger partial charge in [-0.05, 0) is 57.3 Å². The Morgan fingerprint density at radius 2 is 1.86 bits per heavy atom. The summed E-state index contributed by atoms with van der Waals surface area (Å²) >= 11 is 0. The van der Waals surface area contributed by atoms with E-state index in [9.17, 15) is 27.6 Å². The molecular weight excluding hydrogens is 482 g/mol. The minimum absolute atomic E-state index is 0.0800. The van der Waals surface area contributed by atoms with Gasteiger partial charge in [0.1, 0.15) is 11.6 Å². The second-order valence-corrected chi connectivity index (χ2v) is 13.4. The van der Waals surface area contributed by atoms with Crippen LogP contribution < -0.4 is 10.0 Å². The number of carbonyl (C=O) groups is 4. The number of allylic oxidation sites excluding steroid dienone is 1. The number of carbonyl (C=O) groups excluding carboxylic acids is 4. The summed E-state index contributed by atoms with van der Waals surface area (Å²) in [7, 11) is -3.89. The van der Waals surface area contributed by atoms with Gasteiger partial charge >= 0.3 is 0 Å². The van der Waals surface area contributed by atoms with Crippen LogP contribution in [0.15, 0.2) is 25.3 Å². The van der Waals surface area contributed by atoms with Crippen LogP contribution in [0.5, 0.6) is 0 Å². The van der Waals surface area contributed by atoms with Gasteiger partial charge in [-0.3, -0.25) is 23.9 Å². The van der Waals surface area contributed by atoms with Crippen molar-refractivity contribution in [2.45, 2.75) is 88.5 Å². The third-order valence-corrected chi connectivity index (χ3v) is 10.00. The molecule has 2 N–H and O–H groups in total. The highest BCUT2D eigenvalue weighted by Gasteiger charge is 2.62. The van der Waals surface area contributed by atoms with Crippen LogP contribution in [0.4, 0.5) is 0 Å². The molecule has 0 spiro atoms. The summed E-state index contributed by atoms with van der Waals surface area (Å²) in [4.78, 5) is 52.9. The average molecular weight is 522 g/mol. The van der Waals surface area contributed by atoms with E-state index < -0.39 is 44.1 Å². The first-order valence-corrected chi connectivity index (χ1v) is 14.2. The first-order valence-electron chi connectivity index (χ1n) is 12.7. The summed E-state index contributed by atoms with van der Waals surface area (Å²) in [6.45, 7) is 13.0. The quantitative estimate of drug-likeness (QED) is 0.358. The third kappa shape index (κ3) is 5.90. The maximum absolute atomic E-state index is 13.3. The number of ketones is 1. The predicted octanol–water partition coefficient (Wildman–Crippen LogP) is 2.23. The molecule has 5 unspecified atom stereocenters. The van der Waals surface area contributed by atoms with E-state index >= 15 is 0 Å². The molecule has 9 nitrogen and oxygen atoms in total. The number of Topliss-reactive ketones (excluding diaryl/α,β-unsaturated/α-hetero) is 1. The number of likely N-dealkylation sites (tertiary alicyclic amines) is 1. The van der Waals surface area contributed by atoms with Gasteiger partial charge in [0.15, 0.2) is 5.78 Å². The van der Waals surface area contributed by atoms with Crippen LogP contribution in [0, 0.1) is 17.8 Å². The van der Waals surface area contributed by atoms with Gasteiger partial charge in [0, 0.05) is 18.8 Å². The van der Waals surface area contributed by atoms with Crippen molar-refractivity contribution in [3.8, 4) is 0 Å². The van der Waals surface area contributed by atoms with Gasteiger partial charge in [-0.1, -0.05) is 26.0 Å². The molecule has 3 aliphatic rings. The molecule has 200 valence electrons. The van der Waals surface area contributed by atoms with E-state index in [-0.39, 0.29) is 43.4 Å². The van der Waals surface area contributed by atoms with Crippen molar-refractivity contribution in [3.05, 3.63) is 25.3 Å². The first-order chi connectivity index (χ1) is 16.8. The van der Waals surface area contributed by atoms with E-state index in [0.717, 1.165) is 19.3 Å². The maximum Gasteiger partial charge on any atom is 0.259 e. The lowest BCUT2D eigenvalue weighted by Gasteiger charge is -2.27. The molecule has 1 heterocycles. The molecule has 0 aromatic carbocycles. The summed E-state index contributed by atoms with van der Waals surface area (Å²) in [6.07, 6.45) is 7.33. The van der Waals surface area contributed by atoms with Crippen LogP contribution in [0.2, 0.25) is 0 Å². The number of hydrogen-bond donors (Lipinski definition) is 2. The monoisotopic (exact) mass is 521 g/mol. The lowest BCUT2D eigenvalue weighted by molar-refractivity contribution is -0.140. The molecule has 3 fully saturated rings. The molecule has 0 radical (unpaired) electrons. The summed E-state index contributed by atoms with van der Waals surface area (Å²) in [5, 5.41) is 2.68. The smallest absolute Gasteiger partial charge is 0.259 e. The van der Waals surface area contributed by atoms with Crippen molar-refractivity contribution < 1.29 is 27.6 Å². The molecule has 0 aromatic heterocycles. The van der Waals surface area contributed by atoms with Crippen LogP contribution in [-0.4, -0.2) is 59.7 Å². The van der Waals surface area contributed by atoms with Crippen LogP contribution in [0.25, 0.3) is 0 Å². The molecule has 1 saturated heterocycles. The molecule has 0 bridgehead atoms. The zero-order chi connectivity index (χ0) is 26.9. The van der Waals surface area contributed by atoms with E-state index in [1.54, 1.807) is 6.92 Å². The third-order valence-electron chi connectivity index (χ3n) is 7.84. The first kappa shape index (κ1) is 28.1. The molecule has 36 heavy (non-hydrogen) atoms. The van der Waals surface area contributed by atoms with E-state index in [2.05, 4.69) is 30.1 Å². The van der Waals surface area contributed by atoms with Crippen LogP contribution in [-0.2, 0) is 29.2 Å². The molecule has 3 amide bonds. The van der Waals surface area contributed by atoms with Gasteiger partial charge in [-0.15, -0.1) is 13.2 Å². The number of nitrogens with one attached hydrogen (secondary N) is 2. The lowest BCUT2D eigenvalue weighted by atomic mass is 9.91. The summed E-state index contributed by atoms with van der Waals surface area (Å²) < 4.78 is 26.3. The molecule has 10 heteroatoms. The van der Waals surface area contributed by atoms with Crippen molar-refractivity contribution in [1.82, 2.24) is 14.9 Å². The Labute approximate surface area is 214 Å². The fourth-order valence-electron chi connectivity index (χ4n) is 5.01. The van der Waals surface area contributed by atoms with Gasteiger partial charge in [-0.2, -0.15) is 0 Å². The Morgan fingerprint density at radius 1 is 1.19 bits per heavy atom. The molecule has 3 rings (SSSR count). The van der Waals surface area contributed by atoms with E-state index in [0.29, 0.717) is 18.8 Å². The standard InChI is InChI=1S/C26H39N3O6S/c1-6-8-9-17(3)12-18(4)13-22(31)29-16-20(30)14-21(29)23(32)27-26(15-19(26)7-2)24(33)28-36(34,35)25(5)10-11-25/h6-7,17-19,21H,1-2,8-16H2,3-5H3,(H,27,32)(H,28,33). The van der Waals surface area contributed by atoms with Crippen molar-refractivity contribution >= 4 is 33.5 Å². The molecule has 5 atom stereocenters. The highest BCUT2D eigenvalue weighted by Crippen LogP contribution is 2.47.